The molecule has 0 N–H and O–H groups in total. The van der Waals surface area contributed by atoms with Gasteiger partial charge in [-0.1, -0.05) is 18.2 Å². The molecule has 138 valence electrons. The van der Waals surface area contributed by atoms with Crippen molar-refractivity contribution in [2.24, 2.45) is 0 Å². The SMILES string of the molecule is Cc1cc(C(=O)N(CCc2ccccn2)Cc2ccc(F)cc2)ccc1F. The lowest BCUT2D eigenvalue weighted by Crippen LogP contribution is -2.32. The van der Waals surface area contributed by atoms with E-state index in [1.165, 1.54) is 24.3 Å². The molecule has 0 atom stereocenters. The van der Waals surface area contributed by atoms with E-state index in [-0.39, 0.29) is 17.5 Å². The van der Waals surface area contributed by atoms with Crippen molar-refractivity contribution < 1.29 is 13.6 Å². The molecule has 0 fully saturated rings. The molecule has 5 heteroatoms. The number of aryl methyl sites for hydroxylation is 1. The van der Waals surface area contributed by atoms with E-state index in [4.69, 9.17) is 0 Å². The summed E-state index contributed by atoms with van der Waals surface area (Å²) in [5.74, 6) is -0.859. The zero-order valence-corrected chi connectivity index (χ0v) is 15.0. The molecule has 2 aromatic carbocycles. The van der Waals surface area contributed by atoms with Gasteiger partial charge in [-0.15, -0.1) is 0 Å². The van der Waals surface area contributed by atoms with E-state index >= 15 is 0 Å². The van der Waals surface area contributed by atoms with E-state index in [0.29, 0.717) is 30.6 Å². The molecule has 0 saturated heterocycles. The molecule has 1 aromatic heterocycles. The first-order valence-corrected chi connectivity index (χ1v) is 8.73. The van der Waals surface area contributed by atoms with Gasteiger partial charge in [0.15, 0.2) is 0 Å². The fourth-order valence-corrected chi connectivity index (χ4v) is 2.82. The van der Waals surface area contributed by atoms with E-state index in [0.717, 1.165) is 11.3 Å². The normalized spacial score (nSPS) is 10.6. The van der Waals surface area contributed by atoms with Gasteiger partial charge < -0.3 is 4.90 Å². The molecule has 0 aliphatic carbocycles. The molecule has 0 saturated carbocycles. The number of pyridine rings is 1. The summed E-state index contributed by atoms with van der Waals surface area (Å²) in [7, 11) is 0. The van der Waals surface area contributed by atoms with Gasteiger partial charge in [-0.05, 0) is 60.5 Å². The van der Waals surface area contributed by atoms with Crippen LogP contribution in [0.15, 0.2) is 66.9 Å². The highest BCUT2D eigenvalue weighted by Gasteiger charge is 2.17. The van der Waals surface area contributed by atoms with Crippen LogP contribution in [0.3, 0.4) is 0 Å². The van der Waals surface area contributed by atoms with Crippen LogP contribution in [0.4, 0.5) is 8.78 Å². The third-order valence-electron chi connectivity index (χ3n) is 4.34. The van der Waals surface area contributed by atoms with E-state index in [1.54, 1.807) is 36.2 Å². The van der Waals surface area contributed by atoms with Crippen molar-refractivity contribution in [2.75, 3.05) is 6.54 Å². The van der Waals surface area contributed by atoms with E-state index in [9.17, 15) is 13.6 Å². The van der Waals surface area contributed by atoms with Crippen LogP contribution in [-0.2, 0) is 13.0 Å². The second kappa shape index (κ2) is 8.54. The Morgan fingerprint density at radius 1 is 1.04 bits per heavy atom. The Labute approximate surface area is 157 Å². The van der Waals surface area contributed by atoms with Crippen molar-refractivity contribution in [3.63, 3.8) is 0 Å². The minimum atomic E-state index is -0.342. The summed E-state index contributed by atoms with van der Waals surface area (Å²) in [5.41, 5.74) is 2.55. The molecule has 0 aliphatic heterocycles. The molecule has 3 aromatic rings. The molecule has 0 bridgehead atoms. The van der Waals surface area contributed by atoms with Gasteiger partial charge in [0.25, 0.3) is 5.91 Å². The minimum absolute atomic E-state index is 0.196. The molecule has 0 aliphatic rings. The number of carbonyl (C=O) groups is 1. The topological polar surface area (TPSA) is 33.2 Å². The summed E-state index contributed by atoms with van der Waals surface area (Å²) in [6.45, 7) is 2.41. The van der Waals surface area contributed by atoms with Gasteiger partial charge in [-0.2, -0.15) is 0 Å². The lowest BCUT2D eigenvalue weighted by atomic mass is 10.1. The van der Waals surface area contributed by atoms with Crippen molar-refractivity contribution >= 4 is 5.91 Å². The smallest absolute Gasteiger partial charge is 0.254 e. The van der Waals surface area contributed by atoms with Crippen LogP contribution in [-0.4, -0.2) is 22.3 Å². The zero-order valence-electron chi connectivity index (χ0n) is 15.0. The predicted molar refractivity (Wildman–Crippen MR) is 100 cm³/mol. The number of halogens is 2. The average Bonchev–Trinajstić information content (AvgIpc) is 2.69. The van der Waals surface area contributed by atoms with Crippen LogP contribution in [0.2, 0.25) is 0 Å². The molecular weight excluding hydrogens is 346 g/mol. The highest BCUT2D eigenvalue weighted by Crippen LogP contribution is 2.15. The van der Waals surface area contributed by atoms with E-state index < -0.39 is 0 Å². The first-order valence-electron chi connectivity index (χ1n) is 8.73. The second-order valence-corrected chi connectivity index (χ2v) is 6.39. The van der Waals surface area contributed by atoms with Crippen LogP contribution in [0, 0.1) is 18.6 Å². The maximum absolute atomic E-state index is 13.5. The lowest BCUT2D eigenvalue weighted by molar-refractivity contribution is 0.0744. The molecule has 1 amide bonds. The van der Waals surface area contributed by atoms with Crippen molar-refractivity contribution in [3.8, 4) is 0 Å². The van der Waals surface area contributed by atoms with E-state index in [1.807, 2.05) is 18.2 Å². The Kier molecular flexibility index (Phi) is 5.91. The van der Waals surface area contributed by atoms with Gasteiger partial charge in [0.2, 0.25) is 0 Å². The van der Waals surface area contributed by atoms with Gasteiger partial charge in [0, 0.05) is 37.0 Å². The second-order valence-electron chi connectivity index (χ2n) is 6.39. The van der Waals surface area contributed by atoms with Gasteiger partial charge in [-0.3, -0.25) is 9.78 Å². The standard InChI is InChI=1S/C22H20F2N2O/c1-16-14-18(7-10-21(16)24)22(27)26(13-11-20-4-2-3-12-25-20)15-17-5-8-19(23)9-6-17/h2-10,12,14H,11,13,15H2,1H3. The number of hydrogen-bond donors (Lipinski definition) is 0. The fraction of sp³-hybridized carbons (Fsp3) is 0.182. The summed E-state index contributed by atoms with van der Waals surface area (Å²) in [6, 6.07) is 16.1. The van der Waals surface area contributed by atoms with Crippen molar-refractivity contribution in [2.45, 2.75) is 19.9 Å². The van der Waals surface area contributed by atoms with Gasteiger partial charge >= 0.3 is 0 Å². The molecule has 0 unspecified atom stereocenters. The first-order chi connectivity index (χ1) is 13.0. The monoisotopic (exact) mass is 366 g/mol. The van der Waals surface area contributed by atoms with Crippen LogP contribution >= 0.6 is 0 Å². The van der Waals surface area contributed by atoms with Crippen LogP contribution in [0.1, 0.15) is 27.2 Å². The van der Waals surface area contributed by atoms with Crippen LogP contribution < -0.4 is 0 Å². The Balaban J connectivity index is 1.81. The zero-order chi connectivity index (χ0) is 19.2. The van der Waals surface area contributed by atoms with Crippen molar-refractivity contribution in [1.82, 2.24) is 9.88 Å². The third-order valence-corrected chi connectivity index (χ3v) is 4.34. The third kappa shape index (κ3) is 4.97. The predicted octanol–water partition coefficient (Wildman–Crippen LogP) is 4.55. The molecule has 1 heterocycles. The highest BCUT2D eigenvalue weighted by molar-refractivity contribution is 5.94. The molecule has 0 radical (unpaired) electrons. The molecule has 3 nitrogen and oxygen atoms in total. The van der Waals surface area contributed by atoms with Crippen molar-refractivity contribution in [1.29, 1.82) is 0 Å². The van der Waals surface area contributed by atoms with Crippen molar-refractivity contribution in [3.05, 3.63) is 101 Å². The summed E-state index contributed by atoms with van der Waals surface area (Å²) in [5, 5.41) is 0. The number of hydrogen-bond acceptors (Lipinski definition) is 2. The molecular formula is C22H20F2N2O. The van der Waals surface area contributed by atoms with Gasteiger partial charge in [-0.25, -0.2) is 8.78 Å². The number of carbonyl (C=O) groups excluding carboxylic acids is 1. The van der Waals surface area contributed by atoms with Gasteiger partial charge in [0.05, 0.1) is 0 Å². The fourth-order valence-electron chi connectivity index (χ4n) is 2.82. The summed E-state index contributed by atoms with van der Waals surface area (Å²) in [4.78, 5) is 19.0. The molecule has 3 rings (SSSR count). The average molecular weight is 366 g/mol. The Hall–Kier alpha value is -3.08. The minimum Gasteiger partial charge on any atom is -0.334 e. The highest BCUT2D eigenvalue weighted by atomic mass is 19.1. The first kappa shape index (κ1) is 18.7. The summed E-state index contributed by atoms with van der Waals surface area (Å²) in [6.07, 6.45) is 2.30. The molecule has 0 spiro atoms. The summed E-state index contributed by atoms with van der Waals surface area (Å²) >= 11 is 0. The summed E-state index contributed by atoms with van der Waals surface area (Å²) < 4.78 is 26.7. The Morgan fingerprint density at radius 2 is 1.81 bits per heavy atom. The Bertz CT molecular complexity index is 911. The maximum atomic E-state index is 13.5. The lowest BCUT2D eigenvalue weighted by Gasteiger charge is -2.23. The Morgan fingerprint density at radius 3 is 2.48 bits per heavy atom. The number of amides is 1. The largest absolute Gasteiger partial charge is 0.334 e. The number of nitrogens with zero attached hydrogens (tertiary/aromatic N) is 2. The number of aromatic nitrogens is 1. The maximum Gasteiger partial charge on any atom is 0.254 e. The van der Waals surface area contributed by atoms with Gasteiger partial charge in [0.1, 0.15) is 11.6 Å². The van der Waals surface area contributed by atoms with E-state index in [2.05, 4.69) is 4.98 Å². The quantitative estimate of drug-likeness (QED) is 0.641. The molecule has 27 heavy (non-hydrogen) atoms. The number of rotatable bonds is 6. The van der Waals surface area contributed by atoms with Crippen LogP contribution in [0.25, 0.3) is 0 Å². The number of benzene rings is 2. The van der Waals surface area contributed by atoms with Crippen LogP contribution in [0.5, 0.6) is 0 Å².